The van der Waals surface area contributed by atoms with Gasteiger partial charge in [0.1, 0.15) is 11.6 Å². The fraction of sp³-hybridized carbons (Fsp3) is 0.111. The molecule has 0 aliphatic rings. The number of alkyl halides is 3. The molecule has 4 aromatic rings. The molecule has 4 rings (SSSR count). The standard InChI is InChI=1S/C27H24F3N5O5S/c1-16-33-22(26(36)37)15-34(16)23-11-8-19(18-4-3-5-21(12-18)41(2,38)39)13-24(23)35(32)25(14-31)17-6-9-20(10-7-17)40-27(28,29)30/h3-15H,31-32H2,1-2H3,(H,36,37)/b25-14-. The van der Waals surface area contributed by atoms with E-state index in [4.69, 9.17) is 11.6 Å². The number of hydrazine groups is 1. The Hall–Kier alpha value is -4.82. The van der Waals surface area contributed by atoms with E-state index in [0.717, 1.165) is 24.6 Å². The van der Waals surface area contributed by atoms with Crippen LogP contribution in [-0.2, 0) is 9.84 Å². The van der Waals surface area contributed by atoms with Crippen LogP contribution in [0.15, 0.2) is 84.0 Å². The van der Waals surface area contributed by atoms with Crippen LogP contribution in [0.25, 0.3) is 22.5 Å². The number of anilines is 1. The van der Waals surface area contributed by atoms with Crippen LogP contribution in [0.3, 0.4) is 0 Å². The number of hydrogen-bond acceptors (Lipinski definition) is 8. The van der Waals surface area contributed by atoms with Gasteiger partial charge in [-0.05, 0) is 66.6 Å². The number of aromatic nitrogens is 2. The molecular formula is C27H24F3N5O5S. The van der Waals surface area contributed by atoms with Gasteiger partial charge in [-0.3, -0.25) is 5.01 Å². The van der Waals surface area contributed by atoms with E-state index in [9.17, 15) is 31.5 Å². The third kappa shape index (κ3) is 6.50. The zero-order valence-corrected chi connectivity index (χ0v) is 22.4. The minimum Gasteiger partial charge on any atom is -0.476 e. The second-order valence-electron chi connectivity index (χ2n) is 8.85. The van der Waals surface area contributed by atoms with Crippen molar-refractivity contribution in [3.63, 3.8) is 0 Å². The molecule has 10 nitrogen and oxygen atoms in total. The molecule has 1 aromatic heterocycles. The molecule has 0 amide bonds. The highest BCUT2D eigenvalue weighted by Gasteiger charge is 2.31. The monoisotopic (exact) mass is 587 g/mol. The number of ether oxygens (including phenoxy) is 1. The molecule has 0 fully saturated rings. The Morgan fingerprint density at radius 2 is 1.73 bits per heavy atom. The average Bonchev–Trinajstić information content (AvgIpc) is 3.30. The number of nitrogens with zero attached hydrogens (tertiary/aromatic N) is 3. The van der Waals surface area contributed by atoms with Gasteiger partial charge in [-0.15, -0.1) is 13.2 Å². The summed E-state index contributed by atoms with van der Waals surface area (Å²) in [5.41, 5.74) is 8.01. The van der Waals surface area contributed by atoms with Crippen LogP contribution >= 0.6 is 0 Å². The Balaban J connectivity index is 1.86. The molecular weight excluding hydrogens is 563 g/mol. The van der Waals surface area contributed by atoms with Crippen molar-refractivity contribution < 1.29 is 36.2 Å². The number of hydrogen-bond donors (Lipinski definition) is 3. The molecule has 214 valence electrons. The summed E-state index contributed by atoms with van der Waals surface area (Å²) in [6.45, 7) is 1.60. The Kier molecular flexibility index (Phi) is 7.81. The van der Waals surface area contributed by atoms with Crippen molar-refractivity contribution in [3.8, 4) is 22.6 Å². The maximum Gasteiger partial charge on any atom is 0.573 e. The molecule has 0 spiro atoms. The molecule has 41 heavy (non-hydrogen) atoms. The van der Waals surface area contributed by atoms with Crippen molar-refractivity contribution in [2.45, 2.75) is 18.2 Å². The fourth-order valence-corrected chi connectivity index (χ4v) is 4.77. The lowest BCUT2D eigenvalue weighted by atomic mass is 10.0. The van der Waals surface area contributed by atoms with Crippen molar-refractivity contribution in [2.75, 3.05) is 11.3 Å². The van der Waals surface area contributed by atoms with Gasteiger partial charge in [0.05, 0.1) is 22.0 Å². The van der Waals surface area contributed by atoms with Gasteiger partial charge in [0.25, 0.3) is 0 Å². The highest BCUT2D eigenvalue weighted by Crippen LogP contribution is 2.35. The molecule has 5 N–H and O–H groups in total. The van der Waals surface area contributed by atoms with Gasteiger partial charge in [0.15, 0.2) is 15.5 Å². The lowest BCUT2D eigenvalue weighted by Crippen LogP contribution is -2.31. The summed E-state index contributed by atoms with van der Waals surface area (Å²) in [4.78, 5) is 15.7. The Morgan fingerprint density at radius 3 is 2.29 bits per heavy atom. The Morgan fingerprint density at radius 1 is 1.07 bits per heavy atom. The summed E-state index contributed by atoms with van der Waals surface area (Å²) >= 11 is 0. The van der Waals surface area contributed by atoms with E-state index < -0.39 is 27.9 Å². The highest BCUT2D eigenvalue weighted by molar-refractivity contribution is 7.90. The van der Waals surface area contributed by atoms with Crippen LogP contribution < -0.4 is 21.3 Å². The summed E-state index contributed by atoms with van der Waals surface area (Å²) in [5, 5.41) is 10.6. The summed E-state index contributed by atoms with van der Waals surface area (Å²) in [5.74, 6) is 5.20. The molecule has 0 bridgehead atoms. The van der Waals surface area contributed by atoms with Crippen molar-refractivity contribution in [1.29, 1.82) is 0 Å². The minimum atomic E-state index is -4.87. The van der Waals surface area contributed by atoms with Gasteiger partial charge in [0.2, 0.25) is 0 Å². The molecule has 0 saturated carbocycles. The van der Waals surface area contributed by atoms with Crippen LogP contribution in [-0.4, -0.2) is 41.7 Å². The second kappa shape index (κ2) is 11.0. The maximum atomic E-state index is 12.6. The number of halogens is 3. The number of nitrogens with two attached hydrogens (primary N) is 2. The number of aryl methyl sites for hydroxylation is 1. The van der Waals surface area contributed by atoms with Gasteiger partial charge >= 0.3 is 12.3 Å². The zero-order valence-electron chi connectivity index (χ0n) is 21.6. The summed E-state index contributed by atoms with van der Waals surface area (Å²) in [7, 11) is -3.50. The number of rotatable bonds is 8. The predicted molar refractivity (Wildman–Crippen MR) is 146 cm³/mol. The molecule has 0 unspecified atom stereocenters. The minimum absolute atomic E-state index is 0.102. The van der Waals surface area contributed by atoms with Crippen LogP contribution in [0.2, 0.25) is 0 Å². The van der Waals surface area contributed by atoms with Crippen LogP contribution in [0, 0.1) is 6.92 Å². The lowest BCUT2D eigenvalue weighted by molar-refractivity contribution is -0.274. The summed E-state index contributed by atoms with van der Waals surface area (Å²) < 4.78 is 67.5. The first-order valence-electron chi connectivity index (χ1n) is 11.7. The number of aromatic carboxylic acids is 1. The van der Waals surface area contributed by atoms with E-state index in [1.54, 1.807) is 37.3 Å². The SMILES string of the molecule is Cc1nc(C(=O)O)cn1-c1ccc(-c2cccc(S(C)(=O)=O)c2)cc1N(N)/C(=C\N)c1ccc(OC(F)(F)F)cc1. The van der Waals surface area contributed by atoms with E-state index in [1.807, 2.05) is 0 Å². The fourth-order valence-electron chi connectivity index (χ4n) is 4.10. The normalized spacial score (nSPS) is 12.3. The van der Waals surface area contributed by atoms with Crippen molar-refractivity contribution in [2.24, 2.45) is 11.6 Å². The van der Waals surface area contributed by atoms with Crippen LogP contribution in [0.1, 0.15) is 21.9 Å². The van der Waals surface area contributed by atoms with Gasteiger partial charge < -0.3 is 20.1 Å². The smallest absolute Gasteiger partial charge is 0.476 e. The first kappa shape index (κ1) is 29.2. The molecule has 0 aliphatic carbocycles. The molecule has 0 atom stereocenters. The first-order valence-corrected chi connectivity index (χ1v) is 13.6. The maximum absolute atomic E-state index is 12.6. The zero-order chi connectivity index (χ0) is 30.1. The Bertz CT molecular complexity index is 1750. The van der Waals surface area contributed by atoms with E-state index in [0.29, 0.717) is 28.2 Å². The number of carboxylic acid groups (broad SMARTS) is 1. The highest BCUT2D eigenvalue weighted by atomic mass is 32.2. The van der Waals surface area contributed by atoms with Gasteiger partial charge in [0, 0.05) is 24.2 Å². The number of benzene rings is 3. The van der Waals surface area contributed by atoms with Crippen molar-refractivity contribution >= 4 is 27.2 Å². The molecule has 0 aliphatic heterocycles. The average molecular weight is 588 g/mol. The number of carbonyl (C=O) groups is 1. The van der Waals surface area contributed by atoms with Gasteiger partial charge in [-0.2, -0.15) is 0 Å². The van der Waals surface area contributed by atoms with E-state index >= 15 is 0 Å². The van der Waals surface area contributed by atoms with E-state index in [1.165, 1.54) is 40.0 Å². The van der Waals surface area contributed by atoms with Crippen LogP contribution in [0.5, 0.6) is 5.75 Å². The molecule has 1 heterocycles. The van der Waals surface area contributed by atoms with E-state index in [2.05, 4.69) is 9.72 Å². The number of imidazole rings is 1. The molecule has 14 heteroatoms. The summed E-state index contributed by atoms with van der Waals surface area (Å²) in [6, 6.07) is 16.1. The third-order valence-corrected chi connectivity index (χ3v) is 7.10. The number of carboxylic acids is 1. The predicted octanol–water partition coefficient (Wildman–Crippen LogP) is 4.49. The molecule has 0 saturated heterocycles. The van der Waals surface area contributed by atoms with E-state index in [-0.39, 0.29) is 22.0 Å². The van der Waals surface area contributed by atoms with Gasteiger partial charge in [-0.1, -0.05) is 18.2 Å². The lowest BCUT2D eigenvalue weighted by Gasteiger charge is -2.26. The first-order chi connectivity index (χ1) is 19.2. The topological polar surface area (TPSA) is 154 Å². The van der Waals surface area contributed by atoms with Gasteiger partial charge in [-0.25, -0.2) is 24.0 Å². The number of sulfone groups is 1. The largest absolute Gasteiger partial charge is 0.573 e. The van der Waals surface area contributed by atoms with Crippen LogP contribution in [0.4, 0.5) is 18.9 Å². The van der Waals surface area contributed by atoms with Crippen molar-refractivity contribution in [3.05, 3.63) is 96.2 Å². The Labute approximate surface area is 232 Å². The quantitative estimate of drug-likeness (QED) is 0.200. The third-order valence-electron chi connectivity index (χ3n) is 5.99. The molecule has 3 aromatic carbocycles. The van der Waals surface area contributed by atoms with Crippen molar-refractivity contribution in [1.82, 2.24) is 9.55 Å². The second-order valence-corrected chi connectivity index (χ2v) is 10.9. The summed E-state index contributed by atoms with van der Waals surface area (Å²) in [6.07, 6.45) is -1.31. The molecule has 0 radical (unpaired) electrons.